The highest BCUT2D eigenvalue weighted by Crippen LogP contribution is 2.15. The molecule has 0 aliphatic heterocycles. The first kappa shape index (κ1) is 12.8. The lowest BCUT2D eigenvalue weighted by Gasteiger charge is -2.13. The van der Waals surface area contributed by atoms with Crippen molar-refractivity contribution in [3.05, 3.63) is 34.3 Å². The Labute approximate surface area is 110 Å². The highest BCUT2D eigenvalue weighted by atomic mass is 32.1. The number of aryl methyl sites for hydroxylation is 2. The summed E-state index contributed by atoms with van der Waals surface area (Å²) in [5.41, 5.74) is 0.465. The molecule has 0 atom stereocenters. The van der Waals surface area contributed by atoms with Crippen LogP contribution in [0.3, 0.4) is 0 Å². The minimum absolute atomic E-state index is 0.0798. The molecule has 0 aliphatic carbocycles. The second kappa shape index (κ2) is 5.30. The summed E-state index contributed by atoms with van der Waals surface area (Å²) in [5.74, 6) is -0.0798. The van der Waals surface area contributed by atoms with Crippen molar-refractivity contribution in [3.63, 3.8) is 0 Å². The van der Waals surface area contributed by atoms with Crippen LogP contribution in [0.25, 0.3) is 0 Å². The lowest BCUT2D eigenvalue weighted by molar-refractivity contribution is 0.0779. The number of thiazole rings is 1. The van der Waals surface area contributed by atoms with Crippen molar-refractivity contribution >= 4 is 17.2 Å². The van der Waals surface area contributed by atoms with Gasteiger partial charge in [-0.1, -0.05) is 6.92 Å². The fourth-order valence-electron chi connectivity index (χ4n) is 1.58. The van der Waals surface area contributed by atoms with E-state index in [2.05, 4.69) is 16.9 Å². The molecule has 0 aromatic carbocycles. The third-order valence-corrected chi connectivity index (χ3v) is 3.72. The van der Waals surface area contributed by atoms with E-state index < -0.39 is 0 Å². The molecule has 0 unspecified atom stereocenters. The Morgan fingerprint density at radius 2 is 2.28 bits per heavy atom. The molecule has 6 heteroatoms. The maximum atomic E-state index is 12.1. The maximum absolute atomic E-state index is 12.1. The maximum Gasteiger partial charge on any atom is 0.274 e. The molecule has 18 heavy (non-hydrogen) atoms. The zero-order chi connectivity index (χ0) is 13.1. The van der Waals surface area contributed by atoms with Crippen molar-refractivity contribution in [1.29, 1.82) is 0 Å². The number of amides is 1. The lowest BCUT2D eigenvalue weighted by Crippen LogP contribution is -2.26. The Kier molecular flexibility index (Phi) is 3.76. The number of hydrogen-bond donors (Lipinski definition) is 0. The van der Waals surface area contributed by atoms with Crippen LogP contribution in [0.15, 0.2) is 18.7 Å². The average Bonchev–Trinajstić information content (AvgIpc) is 2.97. The van der Waals surface area contributed by atoms with Crippen molar-refractivity contribution in [2.75, 3.05) is 7.05 Å². The van der Waals surface area contributed by atoms with Crippen molar-refractivity contribution in [3.8, 4) is 0 Å². The molecule has 0 bridgehead atoms. The van der Waals surface area contributed by atoms with Gasteiger partial charge in [0, 0.05) is 31.4 Å². The summed E-state index contributed by atoms with van der Waals surface area (Å²) in [5, 5.41) is 0.957. The SMILES string of the molecule is CCc1cnc(CN(C)C(=O)c2cn(C)cn2)s1. The van der Waals surface area contributed by atoms with Gasteiger partial charge in [0.15, 0.2) is 0 Å². The summed E-state index contributed by atoms with van der Waals surface area (Å²) in [6, 6.07) is 0. The van der Waals surface area contributed by atoms with Crippen LogP contribution < -0.4 is 0 Å². The molecule has 2 heterocycles. The van der Waals surface area contributed by atoms with Crippen molar-refractivity contribution < 1.29 is 4.79 Å². The first-order chi connectivity index (χ1) is 8.60. The minimum atomic E-state index is -0.0798. The summed E-state index contributed by atoms with van der Waals surface area (Å²) in [4.78, 5) is 23.3. The standard InChI is InChI=1S/C12H16N4OS/c1-4-9-5-13-11(18-9)7-16(3)12(17)10-6-15(2)8-14-10/h5-6,8H,4,7H2,1-3H3. The average molecular weight is 264 g/mol. The number of imidazole rings is 1. The van der Waals surface area contributed by atoms with Crippen LogP contribution in [0.5, 0.6) is 0 Å². The molecule has 0 fully saturated rings. The lowest BCUT2D eigenvalue weighted by atomic mass is 10.4. The quantitative estimate of drug-likeness (QED) is 0.844. The molecule has 2 aromatic heterocycles. The van der Waals surface area contributed by atoms with E-state index in [0.717, 1.165) is 11.4 Å². The molecule has 2 aromatic rings. The number of nitrogens with zero attached hydrogens (tertiary/aromatic N) is 4. The van der Waals surface area contributed by atoms with Gasteiger partial charge in [-0.2, -0.15) is 0 Å². The van der Waals surface area contributed by atoms with Gasteiger partial charge in [-0.3, -0.25) is 4.79 Å². The molecule has 96 valence electrons. The summed E-state index contributed by atoms with van der Waals surface area (Å²) < 4.78 is 1.76. The smallest absolute Gasteiger partial charge is 0.274 e. The van der Waals surface area contributed by atoms with Gasteiger partial charge in [0.05, 0.1) is 12.9 Å². The molecule has 0 aliphatic rings. The van der Waals surface area contributed by atoms with Crippen LogP contribution in [-0.2, 0) is 20.0 Å². The second-order valence-corrected chi connectivity index (χ2v) is 5.36. The molecule has 0 N–H and O–H groups in total. The van der Waals surface area contributed by atoms with E-state index in [1.807, 2.05) is 13.2 Å². The number of aromatic nitrogens is 3. The highest BCUT2D eigenvalue weighted by Gasteiger charge is 2.15. The number of carbonyl (C=O) groups is 1. The minimum Gasteiger partial charge on any atom is -0.340 e. The first-order valence-electron chi connectivity index (χ1n) is 5.77. The van der Waals surface area contributed by atoms with Crippen molar-refractivity contribution in [2.45, 2.75) is 19.9 Å². The van der Waals surface area contributed by atoms with Crippen LogP contribution in [0.1, 0.15) is 27.3 Å². The monoisotopic (exact) mass is 264 g/mol. The van der Waals surface area contributed by atoms with E-state index in [4.69, 9.17) is 0 Å². The molecule has 0 saturated heterocycles. The third kappa shape index (κ3) is 2.76. The molecule has 0 spiro atoms. The number of carbonyl (C=O) groups excluding carboxylic acids is 1. The Balaban J connectivity index is 2.03. The van der Waals surface area contributed by atoms with E-state index in [0.29, 0.717) is 12.2 Å². The van der Waals surface area contributed by atoms with Gasteiger partial charge in [-0.25, -0.2) is 9.97 Å². The van der Waals surface area contributed by atoms with Gasteiger partial charge in [0.1, 0.15) is 10.7 Å². The summed E-state index contributed by atoms with van der Waals surface area (Å²) in [6.45, 7) is 2.63. The van der Waals surface area contributed by atoms with Gasteiger partial charge in [0.2, 0.25) is 0 Å². The predicted molar refractivity (Wildman–Crippen MR) is 70.5 cm³/mol. The Bertz CT molecular complexity index is 546. The van der Waals surface area contributed by atoms with E-state index in [-0.39, 0.29) is 5.91 Å². The molecular weight excluding hydrogens is 248 g/mol. The largest absolute Gasteiger partial charge is 0.340 e. The zero-order valence-corrected chi connectivity index (χ0v) is 11.6. The molecule has 5 nitrogen and oxygen atoms in total. The van der Waals surface area contributed by atoms with Crippen molar-refractivity contribution in [2.24, 2.45) is 7.05 Å². The van der Waals surface area contributed by atoms with E-state index in [1.54, 1.807) is 40.4 Å². The molecular formula is C12H16N4OS. The van der Waals surface area contributed by atoms with Gasteiger partial charge < -0.3 is 9.47 Å². The summed E-state index contributed by atoms with van der Waals surface area (Å²) in [6.07, 6.45) is 6.20. The van der Waals surface area contributed by atoms with E-state index >= 15 is 0 Å². The Morgan fingerprint density at radius 3 is 2.83 bits per heavy atom. The molecule has 2 rings (SSSR count). The molecule has 1 amide bonds. The third-order valence-electron chi connectivity index (χ3n) is 2.59. The first-order valence-corrected chi connectivity index (χ1v) is 6.58. The van der Waals surface area contributed by atoms with Crippen molar-refractivity contribution in [1.82, 2.24) is 19.4 Å². The Hall–Kier alpha value is -1.69. The second-order valence-electron chi connectivity index (χ2n) is 4.16. The van der Waals surface area contributed by atoms with Crippen LogP contribution in [0, 0.1) is 0 Å². The van der Waals surface area contributed by atoms with Crippen LogP contribution in [0.4, 0.5) is 0 Å². The predicted octanol–water partition coefficient (Wildman–Crippen LogP) is 1.71. The zero-order valence-electron chi connectivity index (χ0n) is 10.8. The number of hydrogen-bond acceptors (Lipinski definition) is 4. The molecule has 0 saturated carbocycles. The van der Waals surface area contributed by atoms with Gasteiger partial charge in [0.25, 0.3) is 5.91 Å². The van der Waals surface area contributed by atoms with Crippen LogP contribution in [-0.4, -0.2) is 32.4 Å². The number of rotatable bonds is 4. The van der Waals surface area contributed by atoms with Gasteiger partial charge in [-0.15, -0.1) is 11.3 Å². The van der Waals surface area contributed by atoms with E-state index in [1.165, 1.54) is 4.88 Å². The molecule has 0 radical (unpaired) electrons. The summed E-state index contributed by atoms with van der Waals surface area (Å²) >= 11 is 1.65. The highest BCUT2D eigenvalue weighted by molar-refractivity contribution is 7.11. The van der Waals surface area contributed by atoms with Gasteiger partial charge in [-0.05, 0) is 6.42 Å². The van der Waals surface area contributed by atoms with E-state index in [9.17, 15) is 4.79 Å². The van der Waals surface area contributed by atoms with Gasteiger partial charge >= 0.3 is 0 Å². The summed E-state index contributed by atoms with van der Waals surface area (Å²) in [7, 11) is 3.61. The normalized spacial score (nSPS) is 10.6. The fraction of sp³-hybridized carbons (Fsp3) is 0.417. The topological polar surface area (TPSA) is 51.0 Å². The van der Waals surface area contributed by atoms with Crippen LogP contribution in [0.2, 0.25) is 0 Å². The van der Waals surface area contributed by atoms with Crippen LogP contribution >= 0.6 is 11.3 Å². The fourth-order valence-corrected chi connectivity index (χ4v) is 2.49. The Morgan fingerprint density at radius 1 is 1.50 bits per heavy atom.